The summed E-state index contributed by atoms with van der Waals surface area (Å²) < 4.78 is 10.2. The number of carbonyl (C=O) groups excluding carboxylic acids is 1. The fraction of sp³-hybridized carbons (Fsp3) is 0.154. The summed E-state index contributed by atoms with van der Waals surface area (Å²) >= 11 is 0. The minimum absolute atomic E-state index is 0.151. The van der Waals surface area contributed by atoms with Crippen LogP contribution in [0.4, 0.5) is 5.69 Å². The first-order chi connectivity index (χ1) is 10.0. The number of H-pyrrole nitrogens is 2. The highest BCUT2D eigenvalue weighted by Crippen LogP contribution is 2.29. The molecule has 2 rings (SSSR count). The van der Waals surface area contributed by atoms with E-state index in [-0.39, 0.29) is 5.69 Å². The first-order valence-corrected chi connectivity index (χ1v) is 5.90. The van der Waals surface area contributed by atoms with Gasteiger partial charge in [-0.15, -0.1) is 0 Å². The van der Waals surface area contributed by atoms with Gasteiger partial charge in [0.1, 0.15) is 17.2 Å². The predicted molar refractivity (Wildman–Crippen MR) is 75.2 cm³/mol. The number of amides is 1. The summed E-state index contributed by atoms with van der Waals surface area (Å²) in [5, 5.41) is 2.54. The van der Waals surface area contributed by atoms with Gasteiger partial charge in [0, 0.05) is 12.1 Å². The largest absolute Gasteiger partial charge is 0.497 e. The molecule has 21 heavy (non-hydrogen) atoms. The zero-order valence-corrected chi connectivity index (χ0v) is 11.4. The summed E-state index contributed by atoms with van der Waals surface area (Å²) in [6.07, 6.45) is 0. The van der Waals surface area contributed by atoms with Crippen molar-refractivity contribution in [3.63, 3.8) is 0 Å². The second-order valence-corrected chi connectivity index (χ2v) is 4.02. The van der Waals surface area contributed by atoms with Crippen molar-refractivity contribution in [3.8, 4) is 11.5 Å². The van der Waals surface area contributed by atoms with Crippen LogP contribution in [0.15, 0.2) is 33.9 Å². The van der Waals surface area contributed by atoms with Crippen LogP contribution in [0.3, 0.4) is 0 Å². The normalized spacial score (nSPS) is 10.0. The van der Waals surface area contributed by atoms with Gasteiger partial charge in [0.2, 0.25) is 0 Å². The second kappa shape index (κ2) is 5.95. The number of hydrogen-bond donors (Lipinski definition) is 3. The lowest BCUT2D eigenvalue weighted by Gasteiger charge is -2.11. The fourth-order valence-electron chi connectivity index (χ4n) is 1.68. The van der Waals surface area contributed by atoms with Crippen molar-refractivity contribution < 1.29 is 14.3 Å². The number of anilines is 1. The Bertz CT molecular complexity index is 750. The van der Waals surface area contributed by atoms with E-state index in [9.17, 15) is 14.4 Å². The highest BCUT2D eigenvalue weighted by Gasteiger charge is 2.12. The lowest BCUT2D eigenvalue weighted by atomic mass is 10.2. The molecule has 0 fully saturated rings. The van der Waals surface area contributed by atoms with Crippen molar-refractivity contribution in [2.75, 3.05) is 19.5 Å². The Labute approximate surface area is 118 Å². The van der Waals surface area contributed by atoms with Crippen LogP contribution in [0.2, 0.25) is 0 Å². The molecule has 3 N–H and O–H groups in total. The van der Waals surface area contributed by atoms with Gasteiger partial charge in [-0.05, 0) is 12.1 Å². The molecule has 1 aromatic carbocycles. The Morgan fingerprint density at radius 1 is 1.10 bits per heavy atom. The van der Waals surface area contributed by atoms with Gasteiger partial charge in [-0.3, -0.25) is 14.6 Å². The molecule has 0 bridgehead atoms. The van der Waals surface area contributed by atoms with E-state index >= 15 is 0 Å². The van der Waals surface area contributed by atoms with Crippen LogP contribution < -0.4 is 26.0 Å². The van der Waals surface area contributed by atoms with Gasteiger partial charge in [-0.25, -0.2) is 4.79 Å². The molecule has 2 aromatic rings. The maximum atomic E-state index is 12.0. The Balaban J connectivity index is 2.31. The molecule has 0 spiro atoms. The van der Waals surface area contributed by atoms with Crippen molar-refractivity contribution in [2.24, 2.45) is 0 Å². The summed E-state index contributed by atoms with van der Waals surface area (Å²) in [5.41, 5.74) is -1.19. The maximum absolute atomic E-state index is 12.0. The molecule has 0 unspecified atom stereocenters. The molecule has 0 aliphatic rings. The van der Waals surface area contributed by atoms with Crippen molar-refractivity contribution in [1.82, 2.24) is 9.97 Å². The minimum atomic E-state index is -0.755. The molecular formula is C13H13N3O5. The van der Waals surface area contributed by atoms with Gasteiger partial charge >= 0.3 is 5.69 Å². The Hall–Kier alpha value is -3.03. The van der Waals surface area contributed by atoms with Gasteiger partial charge in [0.25, 0.3) is 11.5 Å². The van der Waals surface area contributed by atoms with Gasteiger partial charge in [0.15, 0.2) is 0 Å². The Kier molecular flexibility index (Phi) is 4.07. The number of aromatic nitrogens is 2. The smallest absolute Gasteiger partial charge is 0.326 e. The Morgan fingerprint density at radius 2 is 1.86 bits per heavy atom. The van der Waals surface area contributed by atoms with Crippen LogP contribution >= 0.6 is 0 Å². The first kappa shape index (κ1) is 14.4. The lowest BCUT2D eigenvalue weighted by molar-refractivity contribution is 0.102. The van der Waals surface area contributed by atoms with E-state index in [0.717, 1.165) is 6.07 Å². The zero-order valence-electron chi connectivity index (χ0n) is 11.4. The molecule has 0 saturated heterocycles. The number of benzene rings is 1. The third-order valence-corrected chi connectivity index (χ3v) is 2.66. The molecule has 1 heterocycles. The summed E-state index contributed by atoms with van der Waals surface area (Å²) in [6.45, 7) is 0. The number of ether oxygens (including phenoxy) is 2. The van der Waals surface area contributed by atoms with Crippen LogP contribution in [-0.2, 0) is 0 Å². The summed E-state index contributed by atoms with van der Waals surface area (Å²) in [7, 11) is 2.95. The number of aromatic amines is 2. The average Bonchev–Trinajstić information content (AvgIpc) is 2.46. The molecule has 0 aliphatic carbocycles. The molecule has 0 radical (unpaired) electrons. The molecule has 8 nitrogen and oxygen atoms in total. The lowest BCUT2D eigenvalue weighted by Crippen LogP contribution is -2.27. The predicted octanol–water partition coefficient (Wildman–Crippen LogP) is 0.333. The number of carbonyl (C=O) groups is 1. The third-order valence-electron chi connectivity index (χ3n) is 2.66. The highest BCUT2D eigenvalue weighted by molar-refractivity contribution is 6.03. The third kappa shape index (κ3) is 3.30. The van der Waals surface area contributed by atoms with Crippen molar-refractivity contribution in [1.29, 1.82) is 0 Å². The molecule has 1 amide bonds. The van der Waals surface area contributed by atoms with Crippen LogP contribution in [0.5, 0.6) is 11.5 Å². The van der Waals surface area contributed by atoms with E-state index in [0.29, 0.717) is 17.2 Å². The van der Waals surface area contributed by atoms with Gasteiger partial charge < -0.3 is 19.8 Å². The number of methoxy groups -OCH3 is 2. The zero-order chi connectivity index (χ0) is 15.4. The van der Waals surface area contributed by atoms with E-state index in [1.807, 2.05) is 4.98 Å². The molecule has 0 atom stereocenters. The fourth-order valence-corrected chi connectivity index (χ4v) is 1.68. The monoisotopic (exact) mass is 291 g/mol. The van der Waals surface area contributed by atoms with Crippen molar-refractivity contribution >= 4 is 11.6 Å². The van der Waals surface area contributed by atoms with Crippen LogP contribution in [0, 0.1) is 0 Å². The van der Waals surface area contributed by atoms with E-state index in [1.165, 1.54) is 14.2 Å². The molecule has 110 valence electrons. The second-order valence-electron chi connectivity index (χ2n) is 4.02. The number of nitrogens with one attached hydrogen (secondary N) is 3. The molecule has 0 saturated carbocycles. The molecule has 0 aliphatic heterocycles. The topological polar surface area (TPSA) is 113 Å². The van der Waals surface area contributed by atoms with E-state index in [2.05, 4.69) is 10.3 Å². The highest BCUT2D eigenvalue weighted by atomic mass is 16.5. The molecular weight excluding hydrogens is 278 g/mol. The van der Waals surface area contributed by atoms with Crippen LogP contribution in [0.1, 0.15) is 10.5 Å². The van der Waals surface area contributed by atoms with Crippen LogP contribution in [-0.4, -0.2) is 30.1 Å². The summed E-state index contributed by atoms with van der Waals surface area (Å²) in [6, 6.07) is 5.81. The maximum Gasteiger partial charge on any atom is 0.326 e. The van der Waals surface area contributed by atoms with E-state index in [4.69, 9.17) is 9.47 Å². The SMILES string of the molecule is COc1ccc(NC(=O)c2cc(=O)[nH]c(=O)[nH]2)c(OC)c1. The van der Waals surface area contributed by atoms with Crippen molar-refractivity contribution in [3.05, 3.63) is 50.8 Å². The Morgan fingerprint density at radius 3 is 2.48 bits per heavy atom. The standard InChI is InChI=1S/C13H13N3O5/c1-20-7-3-4-8(10(5-7)21-2)14-12(18)9-6-11(17)16-13(19)15-9/h3-6H,1-2H3,(H,14,18)(H2,15,16,17,19). The first-order valence-electron chi connectivity index (χ1n) is 5.90. The van der Waals surface area contributed by atoms with Gasteiger partial charge in [0.05, 0.1) is 19.9 Å². The quantitative estimate of drug-likeness (QED) is 0.751. The minimum Gasteiger partial charge on any atom is -0.497 e. The van der Waals surface area contributed by atoms with E-state index in [1.54, 1.807) is 18.2 Å². The van der Waals surface area contributed by atoms with Gasteiger partial charge in [-0.2, -0.15) is 0 Å². The van der Waals surface area contributed by atoms with Gasteiger partial charge in [-0.1, -0.05) is 0 Å². The average molecular weight is 291 g/mol. The number of rotatable bonds is 4. The summed E-state index contributed by atoms with van der Waals surface area (Å²) in [5.74, 6) is 0.311. The summed E-state index contributed by atoms with van der Waals surface area (Å²) in [4.78, 5) is 38.6. The van der Waals surface area contributed by atoms with Crippen LogP contribution in [0.25, 0.3) is 0 Å². The molecule has 1 aromatic heterocycles. The molecule has 8 heteroatoms. The van der Waals surface area contributed by atoms with E-state index < -0.39 is 17.2 Å². The van der Waals surface area contributed by atoms with Crippen molar-refractivity contribution in [2.45, 2.75) is 0 Å². The number of hydrogen-bond acceptors (Lipinski definition) is 5.